The number of aliphatic hydroxyl groups is 1. The van der Waals surface area contributed by atoms with Crippen LogP contribution in [0.1, 0.15) is 11.1 Å². The Hall–Kier alpha value is -3.48. The number of amides is 1. The minimum Gasteiger partial charge on any atom is -0.501 e. The highest BCUT2D eigenvalue weighted by molar-refractivity contribution is 8.03. The Morgan fingerprint density at radius 2 is 1.68 bits per heavy atom. The van der Waals surface area contributed by atoms with Crippen LogP contribution in [0.25, 0.3) is 22.1 Å². The van der Waals surface area contributed by atoms with E-state index >= 15 is 0 Å². The van der Waals surface area contributed by atoms with Gasteiger partial charge in [0.1, 0.15) is 11.1 Å². The summed E-state index contributed by atoms with van der Waals surface area (Å²) in [5.41, 5.74) is 0.986. The number of H-pyrrole nitrogens is 2. The zero-order valence-electron chi connectivity index (χ0n) is 19.8. The van der Waals surface area contributed by atoms with E-state index in [1.165, 1.54) is 0 Å². The van der Waals surface area contributed by atoms with Crippen molar-refractivity contribution in [3.05, 3.63) is 65.0 Å². The van der Waals surface area contributed by atoms with E-state index in [0.717, 1.165) is 22.8 Å². The lowest BCUT2D eigenvalue weighted by molar-refractivity contribution is -0.164. The maximum Gasteiger partial charge on any atom is 0.375 e. The van der Waals surface area contributed by atoms with Gasteiger partial charge in [-0.25, -0.2) is 14.8 Å². The van der Waals surface area contributed by atoms with Crippen molar-refractivity contribution in [1.29, 1.82) is 0 Å². The number of benzene rings is 2. The van der Waals surface area contributed by atoms with E-state index in [4.69, 9.17) is 17.4 Å². The van der Waals surface area contributed by atoms with Gasteiger partial charge in [0.05, 0.1) is 27.0 Å². The Morgan fingerprint density at radius 1 is 1.05 bits per heavy atom. The number of carbonyl (C=O) groups excluding carboxylic acids is 2. The molecule has 2 aromatic carbocycles. The fourth-order valence-electron chi connectivity index (χ4n) is 4.68. The van der Waals surface area contributed by atoms with Gasteiger partial charge in [0.15, 0.2) is 5.16 Å². The molecule has 0 saturated carbocycles. The molecule has 190 valence electrons. The number of aromatic nitrogens is 4. The van der Waals surface area contributed by atoms with E-state index in [1.807, 2.05) is 55.6 Å². The van der Waals surface area contributed by atoms with Crippen molar-refractivity contribution in [3.63, 3.8) is 0 Å². The first-order chi connectivity index (χ1) is 17.9. The number of aliphatic hydroxyl groups excluding tert-OH is 1. The third-order valence-corrected chi connectivity index (χ3v) is 8.42. The summed E-state index contributed by atoms with van der Waals surface area (Å²) >= 11 is 5.81. The van der Waals surface area contributed by atoms with Crippen molar-refractivity contribution in [2.75, 3.05) is 33.2 Å². The molecule has 12 heteroatoms. The molecule has 2 aliphatic rings. The van der Waals surface area contributed by atoms with Gasteiger partial charge in [0, 0.05) is 26.2 Å². The Morgan fingerprint density at radius 3 is 2.32 bits per heavy atom. The predicted octanol–water partition coefficient (Wildman–Crippen LogP) is 3.04. The largest absolute Gasteiger partial charge is 0.501 e. The van der Waals surface area contributed by atoms with Crippen molar-refractivity contribution < 1.29 is 19.4 Å². The van der Waals surface area contributed by atoms with Crippen LogP contribution in [0.2, 0.25) is 0 Å². The number of esters is 1. The van der Waals surface area contributed by atoms with Crippen molar-refractivity contribution in [3.8, 4) is 0 Å². The summed E-state index contributed by atoms with van der Waals surface area (Å²) in [6.45, 7) is 2.22. The molecule has 4 aromatic rings. The summed E-state index contributed by atoms with van der Waals surface area (Å²) in [6.07, 6.45) is 0. The minimum absolute atomic E-state index is 0.0286. The number of cyclic esters (lactones) is 1. The molecule has 2 aliphatic heterocycles. The van der Waals surface area contributed by atoms with Crippen LogP contribution in [0.4, 0.5) is 0 Å². The number of para-hydroxylation sites is 4. The van der Waals surface area contributed by atoms with Crippen LogP contribution in [0.15, 0.2) is 64.4 Å². The summed E-state index contributed by atoms with van der Waals surface area (Å²) < 4.78 is 5.81. The van der Waals surface area contributed by atoms with Crippen LogP contribution in [0, 0.1) is 0 Å². The summed E-state index contributed by atoms with van der Waals surface area (Å²) in [7, 11) is 1.98. The maximum absolute atomic E-state index is 14.3. The van der Waals surface area contributed by atoms with Crippen LogP contribution >= 0.6 is 24.4 Å². The first-order valence-corrected chi connectivity index (χ1v) is 13.1. The normalized spacial score (nSPS) is 21.7. The van der Waals surface area contributed by atoms with Crippen LogP contribution in [-0.2, 0) is 14.3 Å². The Balaban J connectivity index is 1.47. The molecule has 0 aliphatic carbocycles. The summed E-state index contributed by atoms with van der Waals surface area (Å²) in [6, 6.07) is 14.9. The van der Waals surface area contributed by atoms with Gasteiger partial charge in [0.25, 0.3) is 5.91 Å². The van der Waals surface area contributed by atoms with Crippen molar-refractivity contribution >= 4 is 58.3 Å². The molecular formula is C25H24N6O4S2. The standard InChI is InChI=1S/C25H24N6O4S2/c1-30-10-12-31(13-11-30)23(34)25(19(36)21-26-14-6-2-3-7-15(14)27-21)20(18(32)22(33)35-25)37-24-28-16-8-4-5-9-17(16)29-24/h2-9,19,32,36H,10-13H2,1H3,(H,26,27)(H,28,29). The Kier molecular flexibility index (Phi) is 5.89. The average molecular weight is 537 g/mol. The number of nitrogens with one attached hydrogen (secondary N) is 2. The molecule has 10 nitrogen and oxygen atoms in total. The van der Waals surface area contributed by atoms with E-state index in [9.17, 15) is 14.7 Å². The lowest BCUT2D eigenvalue weighted by Crippen LogP contribution is -2.57. The number of aromatic amines is 2. The summed E-state index contributed by atoms with van der Waals surface area (Å²) in [5.74, 6) is -1.74. The number of imidazole rings is 2. The monoisotopic (exact) mass is 536 g/mol. The van der Waals surface area contributed by atoms with Crippen molar-refractivity contribution in [2.24, 2.45) is 0 Å². The molecule has 0 spiro atoms. The molecule has 1 saturated heterocycles. The highest BCUT2D eigenvalue weighted by atomic mass is 32.2. The zero-order chi connectivity index (χ0) is 25.7. The number of hydrogen-bond acceptors (Lipinski definition) is 9. The number of fused-ring (bicyclic) bond motifs is 2. The fraction of sp³-hybridized carbons (Fsp3) is 0.280. The molecule has 0 radical (unpaired) electrons. The molecule has 2 atom stereocenters. The number of piperazine rings is 1. The molecule has 3 N–H and O–H groups in total. The molecular weight excluding hydrogens is 512 g/mol. The SMILES string of the molecule is CN1CCN(C(=O)C2(C(S)c3nc4ccccc4[nH]3)OC(=O)C(O)=C2Sc2nc3ccccc3[nH]2)CC1. The quantitative estimate of drug-likeness (QED) is 0.226. The second kappa shape index (κ2) is 9.12. The van der Waals surface area contributed by atoms with Crippen LogP contribution < -0.4 is 0 Å². The van der Waals surface area contributed by atoms with Crippen LogP contribution in [0.5, 0.6) is 0 Å². The molecule has 1 amide bonds. The highest BCUT2D eigenvalue weighted by Crippen LogP contribution is 2.51. The number of thiol groups is 1. The van der Waals surface area contributed by atoms with Gasteiger partial charge in [-0.1, -0.05) is 24.3 Å². The first kappa shape index (κ1) is 23.9. The third-order valence-electron chi connectivity index (χ3n) is 6.73. The molecule has 4 heterocycles. The topological polar surface area (TPSA) is 127 Å². The number of likely N-dealkylation sites (N-methyl/N-ethyl adjacent to an activating group) is 1. The van der Waals surface area contributed by atoms with E-state index < -0.39 is 28.5 Å². The van der Waals surface area contributed by atoms with Gasteiger partial charge in [-0.2, -0.15) is 12.6 Å². The first-order valence-electron chi connectivity index (χ1n) is 11.8. The van der Waals surface area contributed by atoms with Gasteiger partial charge < -0.3 is 29.6 Å². The molecule has 1 fully saturated rings. The average Bonchev–Trinajstić information content (AvgIpc) is 3.59. The van der Waals surface area contributed by atoms with E-state index in [1.54, 1.807) is 4.90 Å². The lowest BCUT2D eigenvalue weighted by Gasteiger charge is -2.40. The fourth-order valence-corrected chi connectivity index (χ4v) is 6.26. The number of nitrogens with zero attached hydrogens (tertiary/aromatic N) is 4. The Labute approximate surface area is 221 Å². The van der Waals surface area contributed by atoms with Crippen molar-refractivity contribution in [1.82, 2.24) is 29.7 Å². The summed E-state index contributed by atoms with van der Waals surface area (Å²) in [5, 5.41) is 10.3. The van der Waals surface area contributed by atoms with Gasteiger partial charge >= 0.3 is 5.97 Å². The smallest absolute Gasteiger partial charge is 0.375 e. The third kappa shape index (κ3) is 3.95. The Bertz CT molecular complexity index is 1490. The van der Waals surface area contributed by atoms with Crippen LogP contribution in [0.3, 0.4) is 0 Å². The number of thioether (sulfide) groups is 1. The predicted molar refractivity (Wildman–Crippen MR) is 142 cm³/mol. The molecule has 37 heavy (non-hydrogen) atoms. The minimum atomic E-state index is -1.95. The number of carbonyl (C=O) groups is 2. The number of rotatable bonds is 5. The second-order valence-electron chi connectivity index (χ2n) is 9.10. The van der Waals surface area contributed by atoms with Gasteiger partial charge in [-0.15, -0.1) is 0 Å². The summed E-state index contributed by atoms with van der Waals surface area (Å²) in [4.78, 5) is 46.5. The second-order valence-corrected chi connectivity index (χ2v) is 10.6. The molecule has 0 bridgehead atoms. The molecule has 2 aromatic heterocycles. The van der Waals surface area contributed by atoms with Gasteiger partial charge in [-0.3, -0.25) is 4.79 Å². The van der Waals surface area contributed by atoms with Crippen molar-refractivity contribution in [2.45, 2.75) is 16.0 Å². The number of ether oxygens (including phenoxy) is 1. The van der Waals surface area contributed by atoms with Gasteiger partial charge in [0.2, 0.25) is 11.4 Å². The number of hydrogen-bond donors (Lipinski definition) is 4. The van der Waals surface area contributed by atoms with E-state index in [-0.39, 0.29) is 4.91 Å². The lowest BCUT2D eigenvalue weighted by atomic mass is 9.95. The zero-order valence-corrected chi connectivity index (χ0v) is 21.6. The van der Waals surface area contributed by atoms with E-state index in [2.05, 4.69) is 24.8 Å². The van der Waals surface area contributed by atoms with Crippen LogP contribution in [-0.4, -0.2) is 85.5 Å². The van der Waals surface area contributed by atoms with Gasteiger partial charge in [-0.05, 0) is 43.1 Å². The van der Waals surface area contributed by atoms with E-state index in [0.29, 0.717) is 48.2 Å². The highest BCUT2D eigenvalue weighted by Gasteiger charge is 2.61. The molecule has 6 rings (SSSR count). The molecule has 2 unspecified atom stereocenters. The maximum atomic E-state index is 14.3.